The fraction of sp³-hybridized carbons (Fsp3) is 0.333. The maximum Gasteiger partial charge on any atom is 0.408 e. The summed E-state index contributed by atoms with van der Waals surface area (Å²) < 4.78 is 5.07. The molecular weight excluding hydrogens is 258 g/mol. The van der Waals surface area contributed by atoms with Gasteiger partial charge in [0.1, 0.15) is 0 Å². The Morgan fingerprint density at radius 3 is 3.00 bits per heavy atom. The molecule has 0 aliphatic heterocycles. The molecule has 0 saturated heterocycles. The molecular formula is C15H13NO4. The van der Waals surface area contributed by atoms with Crippen LogP contribution in [0.15, 0.2) is 23.8 Å². The highest BCUT2D eigenvalue weighted by Crippen LogP contribution is 2.27. The Bertz CT molecular complexity index is 624. The smallest absolute Gasteiger partial charge is 0.408 e. The molecule has 5 nitrogen and oxygen atoms in total. The minimum atomic E-state index is -1.74. The van der Waals surface area contributed by atoms with E-state index in [1.807, 2.05) is 0 Å². The van der Waals surface area contributed by atoms with E-state index in [1.165, 1.54) is 19.2 Å². The summed E-state index contributed by atoms with van der Waals surface area (Å²) in [6.07, 6.45) is 3.52. The van der Waals surface area contributed by atoms with Crippen molar-refractivity contribution in [1.82, 2.24) is 5.32 Å². The topological polar surface area (TPSA) is 75.6 Å². The summed E-state index contributed by atoms with van der Waals surface area (Å²) in [5.74, 6) is 9.90. The number of ketones is 1. The number of aliphatic hydroxyl groups is 1. The van der Waals surface area contributed by atoms with Gasteiger partial charge in [0.25, 0.3) is 0 Å². The molecule has 0 aromatic carbocycles. The average Bonchev–Trinajstić information content (AvgIpc) is 2.43. The molecule has 2 atom stereocenters. The highest BCUT2D eigenvalue weighted by molar-refractivity contribution is 6.06. The van der Waals surface area contributed by atoms with E-state index in [-0.39, 0.29) is 12.0 Å². The monoisotopic (exact) mass is 271 g/mol. The van der Waals surface area contributed by atoms with E-state index >= 15 is 0 Å². The Morgan fingerprint density at radius 2 is 2.25 bits per heavy atom. The van der Waals surface area contributed by atoms with Crippen LogP contribution >= 0.6 is 0 Å². The molecule has 1 amide bonds. The SMILES string of the molecule is CNC(=O)OC1C#C/C=C\C#CC2(O)CCC=C1C2=O. The van der Waals surface area contributed by atoms with Gasteiger partial charge in [-0.25, -0.2) is 4.79 Å². The van der Waals surface area contributed by atoms with Crippen LogP contribution in [-0.4, -0.2) is 35.7 Å². The first-order valence-corrected chi connectivity index (χ1v) is 6.11. The molecule has 0 aromatic heterocycles. The first-order valence-electron chi connectivity index (χ1n) is 6.11. The molecule has 2 N–H and O–H groups in total. The van der Waals surface area contributed by atoms with Crippen molar-refractivity contribution in [1.29, 1.82) is 0 Å². The van der Waals surface area contributed by atoms with Gasteiger partial charge >= 0.3 is 6.09 Å². The highest BCUT2D eigenvalue weighted by atomic mass is 16.6. The molecule has 0 aromatic rings. The number of ether oxygens (including phenoxy) is 1. The number of carbonyl (C=O) groups is 2. The van der Waals surface area contributed by atoms with Crippen LogP contribution in [-0.2, 0) is 9.53 Å². The zero-order valence-corrected chi connectivity index (χ0v) is 10.9. The fourth-order valence-electron chi connectivity index (χ4n) is 1.93. The molecule has 0 heterocycles. The zero-order valence-electron chi connectivity index (χ0n) is 10.9. The van der Waals surface area contributed by atoms with Gasteiger partial charge in [0.05, 0.1) is 0 Å². The number of carbonyl (C=O) groups excluding carboxylic acids is 2. The van der Waals surface area contributed by atoms with Gasteiger partial charge in [0.2, 0.25) is 5.78 Å². The van der Waals surface area contributed by atoms with E-state index in [9.17, 15) is 14.7 Å². The summed E-state index contributed by atoms with van der Waals surface area (Å²) in [5, 5.41) is 12.6. The molecule has 0 radical (unpaired) electrons. The van der Waals surface area contributed by atoms with Gasteiger partial charge in [-0.15, -0.1) is 0 Å². The van der Waals surface area contributed by atoms with Crippen molar-refractivity contribution in [2.45, 2.75) is 24.5 Å². The Labute approximate surface area is 116 Å². The molecule has 5 heteroatoms. The van der Waals surface area contributed by atoms with Gasteiger partial charge in [0.15, 0.2) is 11.7 Å². The summed E-state index contributed by atoms with van der Waals surface area (Å²) in [7, 11) is 1.41. The number of rotatable bonds is 1. The Kier molecular flexibility index (Phi) is 3.93. The van der Waals surface area contributed by atoms with Crippen molar-refractivity contribution in [2.75, 3.05) is 7.05 Å². The van der Waals surface area contributed by atoms with Gasteiger partial charge in [-0.2, -0.15) is 0 Å². The maximum atomic E-state index is 12.3. The molecule has 2 rings (SSSR count). The fourth-order valence-corrected chi connectivity index (χ4v) is 1.93. The van der Waals surface area contributed by atoms with Gasteiger partial charge < -0.3 is 15.2 Å². The second kappa shape index (κ2) is 5.64. The minimum absolute atomic E-state index is 0.166. The van der Waals surface area contributed by atoms with Crippen molar-refractivity contribution >= 4 is 11.9 Å². The van der Waals surface area contributed by atoms with Crippen molar-refractivity contribution < 1.29 is 19.4 Å². The van der Waals surface area contributed by atoms with Crippen LogP contribution < -0.4 is 5.32 Å². The van der Waals surface area contributed by atoms with E-state index in [4.69, 9.17) is 4.74 Å². The van der Waals surface area contributed by atoms with Crippen molar-refractivity contribution in [3.05, 3.63) is 23.8 Å². The summed E-state index contributed by atoms with van der Waals surface area (Å²) in [6.45, 7) is 0. The number of hydrogen-bond acceptors (Lipinski definition) is 4. The molecule has 102 valence electrons. The summed E-state index contributed by atoms with van der Waals surface area (Å²) in [6, 6.07) is 0. The number of alkyl carbamates (subject to hydrolysis) is 1. The third-order valence-corrected chi connectivity index (χ3v) is 2.96. The predicted molar refractivity (Wildman–Crippen MR) is 71.3 cm³/mol. The van der Waals surface area contributed by atoms with E-state index in [2.05, 4.69) is 29.0 Å². The van der Waals surface area contributed by atoms with E-state index in [0.29, 0.717) is 6.42 Å². The molecule has 2 aliphatic rings. The average molecular weight is 271 g/mol. The largest absolute Gasteiger partial charge is 0.428 e. The predicted octanol–water partition coefficient (Wildman–Crippen LogP) is 0.308. The van der Waals surface area contributed by atoms with Crippen molar-refractivity contribution in [3.63, 3.8) is 0 Å². The first kappa shape index (κ1) is 13.9. The van der Waals surface area contributed by atoms with E-state index < -0.39 is 23.6 Å². The normalized spacial score (nSPS) is 28.8. The lowest BCUT2D eigenvalue weighted by Gasteiger charge is -2.28. The van der Waals surface area contributed by atoms with Crippen LogP contribution in [0.1, 0.15) is 12.8 Å². The molecule has 0 fully saturated rings. The number of amides is 1. The van der Waals surface area contributed by atoms with Crippen LogP contribution in [0.3, 0.4) is 0 Å². The van der Waals surface area contributed by atoms with Gasteiger partial charge in [-0.05, 0) is 30.9 Å². The number of Topliss-reactive ketones (excluding diaryl/α,β-unsaturated/α-hetero) is 1. The second-order valence-electron chi connectivity index (χ2n) is 4.31. The number of allylic oxidation sites excluding steroid dienone is 3. The Hall–Kier alpha value is -2.50. The summed E-state index contributed by atoms with van der Waals surface area (Å²) >= 11 is 0. The summed E-state index contributed by atoms with van der Waals surface area (Å²) in [5.41, 5.74) is -1.57. The van der Waals surface area contributed by atoms with E-state index in [1.54, 1.807) is 6.08 Å². The maximum absolute atomic E-state index is 12.3. The lowest BCUT2D eigenvalue weighted by molar-refractivity contribution is -0.130. The molecule has 20 heavy (non-hydrogen) atoms. The van der Waals surface area contributed by atoms with Crippen molar-refractivity contribution in [2.24, 2.45) is 0 Å². The molecule has 2 unspecified atom stereocenters. The minimum Gasteiger partial charge on any atom is -0.428 e. The number of fused-ring (bicyclic) bond motifs is 2. The quantitative estimate of drug-likeness (QED) is 0.673. The molecule has 0 saturated carbocycles. The van der Waals surface area contributed by atoms with Gasteiger partial charge in [-0.3, -0.25) is 4.79 Å². The number of nitrogens with one attached hydrogen (secondary N) is 1. The molecule has 0 spiro atoms. The third kappa shape index (κ3) is 2.74. The van der Waals surface area contributed by atoms with Crippen LogP contribution in [0.25, 0.3) is 0 Å². The lowest BCUT2D eigenvalue weighted by Crippen LogP contribution is -2.44. The Morgan fingerprint density at radius 1 is 1.50 bits per heavy atom. The lowest BCUT2D eigenvalue weighted by atomic mass is 9.81. The standard InChI is InChI=1S/C15H13NO4/c1-16-14(18)20-12-8-4-2-3-5-9-15(19)10-6-7-11(12)13(15)17/h2-3,7,12,19H,6,10H2,1H3,(H,16,18)/b3-2-. The van der Waals surface area contributed by atoms with Gasteiger partial charge in [0, 0.05) is 12.6 Å². The molecule has 2 aliphatic carbocycles. The zero-order chi connectivity index (χ0) is 14.6. The highest BCUT2D eigenvalue weighted by Gasteiger charge is 2.41. The van der Waals surface area contributed by atoms with Crippen LogP contribution in [0.2, 0.25) is 0 Å². The van der Waals surface area contributed by atoms with Crippen LogP contribution in [0, 0.1) is 23.7 Å². The molecule has 2 bridgehead atoms. The van der Waals surface area contributed by atoms with Crippen molar-refractivity contribution in [3.8, 4) is 23.7 Å². The van der Waals surface area contributed by atoms with Crippen LogP contribution in [0.5, 0.6) is 0 Å². The Balaban J connectivity index is 2.43. The summed E-state index contributed by atoms with van der Waals surface area (Å²) in [4.78, 5) is 23.7. The van der Waals surface area contributed by atoms with E-state index in [0.717, 1.165) is 0 Å². The second-order valence-corrected chi connectivity index (χ2v) is 4.31. The van der Waals surface area contributed by atoms with Crippen LogP contribution in [0.4, 0.5) is 4.79 Å². The number of hydrogen-bond donors (Lipinski definition) is 2. The van der Waals surface area contributed by atoms with Gasteiger partial charge in [-0.1, -0.05) is 23.8 Å². The third-order valence-electron chi connectivity index (χ3n) is 2.96. The first-order chi connectivity index (χ1) is 9.57.